The number of nitrogens with zero attached hydrogens (tertiary/aromatic N) is 1. The molecule has 0 aliphatic heterocycles. The lowest BCUT2D eigenvalue weighted by Crippen LogP contribution is -1.98. The highest BCUT2D eigenvalue weighted by molar-refractivity contribution is 5.82. The van der Waals surface area contributed by atoms with Gasteiger partial charge in [-0.1, -0.05) is 19.6 Å². The molecule has 0 aromatic heterocycles. The van der Waals surface area contributed by atoms with Gasteiger partial charge in [-0.05, 0) is 59.4 Å². The van der Waals surface area contributed by atoms with Crippen LogP contribution in [0.3, 0.4) is 0 Å². The molecular formula is C17H18N2O2. The van der Waals surface area contributed by atoms with Crippen molar-refractivity contribution in [3.05, 3.63) is 75.3 Å². The lowest BCUT2D eigenvalue weighted by Gasteiger charge is -2.14. The van der Waals surface area contributed by atoms with Gasteiger partial charge in [0.2, 0.25) is 0 Å². The summed E-state index contributed by atoms with van der Waals surface area (Å²) in [5.41, 5.74) is 11.4. The molecule has 0 bridgehead atoms. The number of benzene rings is 2. The predicted octanol–water partition coefficient (Wildman–Crippen LogP) is 4.11. The number of nitro benzene ring substituents is 1. The van der Waals surface area contributed by atoms with E-state index >= 15 is 0 Å². The quantitative estimate of drug-likeness (QED) is 0.521. The van der Waals surface area contributed by atoms with Crippen molar-refractivity contribution in [1.29, 1.82) is 0 Å². The summed E-state index contributed by atoms with van der Waals surface area (Å²) < 4.78 is 0. The zero-order chi connectivity index (χ0) is 15.6. The molecule has 0 aliphatic carbocycles. The van der Waals surface area contributed by atoms with Crippen molar-refractivity contribution in [2.45, 2.75) is 20.3 Å². The number of rotatable bonds is 4. The molecule has 0 spiro atoms. The van der Waals surface area contributed by atoms with E-state index in [0.29, 0.717) is 12.1 Å². The molecule has 0 heterocycles. The first-order valence-corrected chi connectivity index (χ1v) is 6.77. The van der Waals surface area contributed by atoms with Crippen LogP contribution >= 0.6 is 0 Å². The van der Waals surface area contributed by atoms with Crippen molar-refractivity contribution in [1.82, 2.24) is 0 Å². The summed E-state index contributed by atoms with van der Waals surface area (Å²) in [6, 6.07) is 10.6. The molecule has 0 saturated heterocycles. The van der Waals surface area contributed by atoms with Crippen LogP contribution in [-0.4, -0.2) is 4.92 Å². The fourth-order valence-corrected chi connectivity index (χ4v) is 2.45. The van der Waals surface area contributed by atoms with E-state index in [1.165, 1.54) is 6.07 Å². The maximum Gasteiger partial charge on any atom is 0.269 e. The first kappa shape index (κ1) is 14.8. The van der Waals surface area contributed by atoms with Crippen molar-refractivity contribution < 1.29 is 4.92 Å². The molecule has 108 valence electrons. The first-order chi connectivity index (χ1) is 9.93. The zero-order valence-corrected chi connectivity index (χ0v) is 12.2. The average molecular weight is 282 g/mol. The van der Waals surface area contributed by atoms with Gasteiger partial charge in [0.1, 0.15) is 0 Å². The molecular weight excluding hydrogens is 264 g/mol. The molecule has 2 aromatic carbocycles. The van der Waals surface area contributed by atoms with E-state index in [0.717, 1.165) is 27.8 Å². The van der Waals surface area contributed by atoms with Crippen molar-refractivity contribution >= 4 is 16.9 Å². The molecule has 0 amide bonds. The second-order valence-electron chi connectivity index (χ2n) is 5.01. The molecule has 0 aliphatic rings. The van der Waals surface area contributed by atoms with Crippen LogP contribution in [0.5, 0.6) is 0 Å². The van der Waals surface area contributed by atoms with Gasteiger partial charge in [-0.15, -0.1) is 0 Å². The van der Waals surface area contributed by atoms with Crippen LogP contribution in [-0.2, 0) is 6.42 Å². The van der Waals surface area contributed by atoms with Crippen molar-refractivity contribution in [2.24, 2.45) is 0 Å². The lowest BCUT2D eigenvalue weighted by molar-refractivity contribution is -0.384. The third kappa shape index (κ3) is 2.94. The Labute approximate surface area is 124 Å². The number of aryl methyl sites for hydroxylation is 2. The second-order valence-corrected chi connectivity index (χ2v) is 5.01. The van der Waals surface area contributed by atoms with E-state index in [1.54, 1.807) is 12.1 Å². The highest BCUT2D eigenvalue weighted by Crippen LogP contribution is 2.30. The van der Waals surface area contributed by atoms with Crippen LogP contribution in [0.1, 0.15) is 29.2 Å². The number of hydrogen-bond donors (Lipinski definition) is 1. The maximum atomic E-state index is 10.9. The fraction of sp³-hybridized carbons (Fsp3) is 0.176. The van der Waals surface area contributed by atoms with E-state index in [2.05, 4.69) is 6.58 Å². The third-order valence-corrected chi connectivity index (χ3v) is 3.58. The van der Waals surface area contributed by atoms with Crippen LogP contribution in [0.2, 0.25) is 0 Å². The average Bonchev–Trinajstić information content (AvgIpc) is 2.45. The summed E-state index contributed by atoms with van der Waals surface area (Å²) in [4.78, 5) is 10.5. The molecule has 0 atom stereocenters. The number of nitrogen functional groups attached to an aromatic ring is 1. The molecule has 0 radical (unpaired) electrons. The van der Waals surface area contributed by atoms with E-state index in [-0.39, 0.29) is 10.6 Å². The minimum atomic E-state index is -0.375. The van der Waals surface area contributed by atoms with Crippen molar-refractivity contribution in [2.75, 3.05) is 5.73 Å². The van der Waals surface area contributed by atoms with Gasteiger partial charge in [0.25, 0.3) is 5.69 Å². The van der Waals surface area contributed by atoms with E-state index in [9.17, 15) is 10.1 Å². The topological polar surface area (TPSA) is 69.2 Å². The molecule has 0 saturated carbocycles. The molecule has 0 unspecified atom stereocenters. The van der Waals surface area contributed by atoms with Crippen molar-refractivity contribution in [3.8, 4) is 0 Å². The number of nitrogens with two attached hydrogens (primary N) is 1. The Morgan fingerprint density at radius 2 is 1.90 bits per heavy atom. The van der Waals surface area contributed by atoms with E-state index < -0.39 is 0 Å². The molecule has 4 nitrogen and oxygen atoms in total. The Hall–Kier alpha value is -2.62. The Morgan fingerprint density at radius 3 is 2.48 bits per heavy atom. The second kappa shape index (κ2) is 5.79. The van der Waals surface area contributed by atoms with Crippen LogP contribution in [0.4, 0.5) is 11.4 Å². The molecule has 2 N–H and O–H groups in total. The lowest BCUT2D eigenvalue weighted by atomic mass is 9.91. The number of nitro groups is 1. The molecule has 21 heavy (non-hydrogen) atoms. The fourth-order valence-electron chi connectivity index (χ4n) is 2.45. The summed E-state index contributed by atoms with van der Waals surface area (Å²) in [7, 11) is 0. The number of non-ortho nitro benzene ring substituents is 1. The maximum absolute atomic E-state index is 10.9. The van der Waals surface area contributed by atoms with Gasteiger partial charge in [0.05, 0.1) is 4.92 Å². The highest BCUT2D eigenvalue weighted by Gasteiger charge is 2.13. The van der Waals surface area contributed by atoms with E-state index in [1.807, 2.05) is 32.0 Å². The molecule has 4 heteroatoms. The van der Waals surface area contributed by atoms with Gasteiger partial charge in [0.15, 0.2) is 0 Å². The highest BCUT2D eigenvalue weighted by atomic mass is 16.6. The van der Waals surface area contributed by atoms with Gasteiger partial charge in [-0.25, -0.2) is 0 Å². The Morgan fingerprint density at radius 1 is 1.24 bits per heavy atom. The monoisotopic (exact) mass is 282 g/mol. The van der Waals surface area contributed by atoms with Gasteiger partial charge >= 0.3 is 0 Å². The van der Waals surface area contributed by atoms with Gasteiger partial charge in [0, 0.05) is 17.8 Å². The molecule has 0 fully saturated rings. The SMILES string of the molecule is C=C(c1ccc(N)cc1C)c1ccc([N+](=O)[O-])cc1CC. The van der Waals surface area contributed by atoms with Crippen LogP contribution in [0, 0.1) is 17.0 Å². The number of hydrogen-bond acceptors (Lipinski definition) is 3. The van der Waals surface area contributed by atoms with Gasteiger partial charge < -0.3 is 5.73 Å². The van der Waals surface area contributed by atoms with Crippen molar-refractivity contribution in [3.63, 3.8) is 0 Å². The van der Waals surface area contributed by atoms with Crippen LogP contribution in [0.15, 0.2) is 43.0 Å². The Kier molecular flexibility index (Phi) is 4.08. The largest absolute Gasteiger partial charge is 0.399 e. The first-order valence-electron chi connectivity index (χ1n) is 6.77. The number of anilines is 1. The summed E-state index contributed by atoms with van der Waals surface area (Å²) in [5.74, 6) is 0. The van der Waals surface area contributed by atoms with E-state index in [4.69, 9.17) is 5.73 Å². The zero-order valence-electron chi connectivity index (χ0n) is 12.2. The molecule has 2 aromatic rings. The van der Waals surface area contributed by atoms with Crippen LogP contribution < -0.4 is 5.73 Å². The molecule has 2 rings (SSSR count). The summed E-state index contributed by atoms with van der Waals surface area (Å²) in [6.07, 6.45) is 0.712. The normalized spacial score (nSPS) is 10.4. The van der Waals surface area contributed by atoms with Gasteiger partial charge in [-0.2, -0.15) is 0 Å². The minimum absolute atomic E-state index is 0.109. The standard InChI is InChI=1S/C17H18N2O2/c1-4-13-10-15(19(20)21)6-8-17(13)12(3)16-7-5-14(18)9-11(16)2/h5-10H,3-4,18H2,1-2H3. The Bertz CT molecular complexity index is 721. The minimum Gasteiger partial charge on any atom is -0.399 e. The summed E-state index contributed by atoms with van der Waals surface area (Å²) in [5, 5.41) is 10.9. The summed E-state index contributed by atoms with van der Waals surface area (Å²) >= 11 is 0. The predicted molar refractivity (Wildman–Crippen MR) is 86.2 cm³/mol. The third-order valence-electron chi connectivity index (χ3n) is 3.58. The van der Waals surface area contributed by atoms with Crippen LogP contribution in [0.25, 0.3) is 5.57 Å². The smallest absolute Gasteiger partial charge is 0.269 e. The Balaban J connectivity index is 2.50. The van der Waals surface area contributed by atoms with Gasteiger partial charge in [-0.3, -0.25) is 10.1 Å². The summed E-state index contributed by atoms with van der Waals surface area (Å²) in [6.45, 7) is 8.12.